The second-order valence-electron chi connectivity index (χ2n) is 2.23. The van der Waals surface area contributed by atoms with Crippen molar-refractivity contribution < 1.29 is 4.39 Å². The van der Waals surface area contributed by atoms with Crippen molar-refractivity contribution in [1.82, 2.24) is 9.36 Å². The van der Waals surface area contributed by atoms with Gasteiger partial charge in [0.25, 0.3) is 0 Å². The molecule has 60 valence electrons. The number of nitrogens with zero attached hydrogens (tertiary/aromatic N) is 2. The van der Waals surface area contributed by atoms with Crippen molar-refractivity contribution in [3.8, 4) is 11.4 Å². The molecule has 0 atom stereocenters. The van der Waals surface area contributed by atoms with E-state index in [0.29, 0.717) is 11.4 Å². The molecule has 0 radical (unpaired) electrons. The Bertz CT molecular complexity index is 372. The summed E-state index contributed by atoms with van der Waals surface area (Å²) < 4.78 is 17.0. The lowest BCUT2D eigenvalue weighted by Gasteiger charge is -1.94. The first-order valence-corrected chi connectivity index (χ1v) is 4.23. The molecule has 2 nitrogen and oxygen atoms in total. The van der Waals surface area contributed by atoms with E-state index in [1.165, 1.54) is 17.6 Å². The summed E-state index contributed by atoms with van der Waals surface area (Å²) in [7, 11) is 0. The van der Waals surface area contributed by atoms with E-state index in [0.717, 1.165) is 0 Å². The monoisotopic (exact) mass is 180 g/mol. The quantitative estimate of drug-likeness (QED) is 0.673. The van der Waals surface area contributed by atoms with Gasteiger partial charge in [-0.3, -0.25) is 0 Å². The third-order valence-corrected chi connectivity index (χ3v) is 1.95. The summed E-state index contributed by atoms with van der Waals surface area (Å²) in [5.41, 5.74) is 2.04. The van der Waals surface area contributed by atoms with Crippen molar-refractivity contribution in [2.75, 3.05) is 0 Å². The van der Waals surface area contributed by atoms with Gasteiger partial charge in [-0.15, -0.1) is 0 Å². The maximum absolute atomic E-state index is 13.1. The molecule has 0 aliphatic heterocycles. The van der Waals surface area contributed by atoms with E-state index in [4.69, 9.17) is 0 Å². The van der Waals surface area contributed by atoms with Crippen LogP contribution in [0.3, 0.4) is 0 Å². The van der Waals surface area contributed by atoms with Gasteiger partial charge in [0.05, 0.1) is 5.56 Å². The fourth-order valence-electron chi connectivity index (χ4n) is 0.932. The highest BCUT2D eigenvalue weighted by Gasteiger charge is 2.05. The minimum atomic E-state index is -0.282. The molecule has 0 amide bonds. The summed E-state index contributed by atoms with van der Waals surface area (Å²) in [6.45, 7) is 0. The zero-order valence-corrected chi connectivity index (χ0v) is 6.88. The van der Waals surface area contributed by atoms with Crippen molar-refractivity contribution in [1.29, 1.82) is 0 Å². The van der Waals surface area contributed by atoms with Gasteiger partial charge in [0.1, 0.15) is 11.3 Å². The molecule has 2 rings (SSSR count). The Balaban J connectivity index is 2.55. The number of aromatic nitrogens is 2. The lowest BCUT2D eigenvalue weighted by atomic mass is 10.2. The van der Waals surface area contributed by atoms with Crippen molar-refractivity contribution in [3.63, 3.8) is 0 Å². The Labute approximate surface area is 72.9 Å². The molecular formula is C8H5FN2S. The number of halogens is 1. The molecule has 1 aromatic heterocycles. The van der Waals surface area contributed by atoms with Crippen LogP contribution in [0.25, 0.3) is 11.4 Å². The van der Waals surface area contributed by atoms with Crippen LogP contribution in [0.15, 0.2) is 29.8 Å². The standard InChI is InChI=1S/C8H5FN2S/c9-7-4-2-1-3-6(7)8-10-5-12-11-8/h1-5H. The predicted octanol–water partition coefficient (Wildman–Crippen LogP) is 2.34. The van der Waals surface area contributed by atoms with Crippen LogP contribution in [0.4, 0.5) is 4.39 Å². The van der Waals surface area contributed by atoms with Gasteiger partial charge in [-0.25, -0.2) is 9.37 Å². The molecule has 4 heteroatoms. The summed E-state index contributed by atoms with van der Waals surface area (Å²) in [5.74, 6) is 0.175. The van der Waals surface area contributed by atoms with Gasteiger partial charge in [0.15, 0.2) is 5.82 Å². The third-order valence-electron chi connectivity index (χ3n) is 1.48. The van der Waals surface area contributed by atoms with E-state index in [1.807, 2.05) is 0 Å². The van der Waals surface area contributed by atoms with Crippen LogP contribution in [-0.4, -0.2) is 9.36 Å². The van der Waals surface area contributed by atoms with Gasteiger partial charge in [-0.2, -0.15) is 4.37 Å². The number of rotatable bonds is 1. The van der Waals surface area contributed by atoms with Crippen LogP contribution in [0.1, 0.15) is 0 Å². The van der Waals surface area contributed by atoms with E-state index < -0.39 is 0 Å². The fourth-order valence-corrected chi connectivity index (χ4v) is 1.37. The molecular weight excluding hydrogens is 175 g/mol. The summed E-state index contributed by atoms with van der Waals surface area (Å²) in [6.07, 6.45) is 0. The van der Waals surface area contributed by atoms with E-state index in [2.05, 4.69) is 9.36 Å². The zero-order chi connectivity index (χ0) is 8.39. The van der Waals surface area contributed by atoms with Crippen molar-refractivity contribution in [3.05, 3.63) is 35.6 Å². The second-order valence-corrected chi connectivity index (χ2v) is 2.84. The van der Waals surface area contributed by atoms with E-state index >= 15 is 0 Å². The molecule has 0 aliphatic carbocycles. The van der Waals surface area contributed by atoms with Crippen LogP contribution < -0.4 is 0 Å². The highest BCUT2D eigenvalue weighted by atomic mass is 32.1. The van der Waals surface area contributed by atoms with Gasteiger partial charge in [0, 0.05) is 0 Å². The van der Waals surface area contributed by atoms with Crippen LogP contribution in [0.2, 0.25) is 0 Å². The Morgan fingerprint density at radius 3 is 2.75 bits per heavy atom. The number of hydrogen-bond donors (Lipinski definition) is 0. The Hall–Kier alpha value is -1.29. The lowest BCUT2D eigenvalue weighted by Crippen LogP contribution is -1.84. The number of hydrogen-bond acceptors (Lipinski definition) is 3. The smallest absolute Gasteiger partial charge is 0.175 e. The van der Waals surface area contributed by atoms with Crippen LogP contribution >= 0.6 is 11.5 Å². The summed E-state index contributed by atoms with van der Waals surface area (Å²) >= 11 is 1.22. The molecule has 0 unspecified atom stereocenters. The van der Waals surface area contributed by atoms with Crippen LogP contribution in [0.5, 0.6) is 0 Å². The van der Waals surface area contributed by atoms with E-state index in [-0.39, 0.29) is 5.82 Å². The normalized spacial score (nSPS) is 10.1. The van der Waals surface area contributed by atoms with Gasteiger partial charge >= 0.3 is 0 Å². The van der Waals surface area contributed by atoms with Crippen molar-refractivity contribution in [2.45, 2.75) is 0 Å². The molecule has 2 aromatic rings. The lowest BCUT2D eigenvalue weighted by molar-refractivity contribution is 0.630. The zero-order valence-electron chi connectivity index (χ0n) is 6.07. The predicted molar refractivity (Wildman–Crippen MR) is 45.3 cm³/mol. The summed E-state index contributed by atoms with van der Waals surface area (Å²) in [5, 5.41) is 0. The summed E-state index contributed by atoms with van der Waals surface area (Å²) in [6, 6.07) is 6.47. The molecule has 12 heavy (non-hydrogen) atoms. The maximum Gasteiger partial charge on any atom is 0.175 e. The topological polar surface area (TPSA) is 25.8 Å². The van der Waals surface area contributed by atoms with E-state index in [1.54, 1.807) is 23.7 Å². The first-order chi connectivity index (χ1) is 5.88. The minimum Gasteiger partial charge on any atom is -0.223 e. The molecule has 1 aromatic carbocycles. The molecule has 0 saturated carbocycles. The maximum atomic E-state index is 13.1. The molecule has 1 heterocycles. The SMILES string of the molecule is Fc1ccccc1-c1ncsn1. The largest absolute Gasteiger partial charge is 0.223 e. The second kappa shape index (κ2) is 2.98. The van der Waals surface area contributed by atoms with Crippen LogP contribution in [-0.2, 0) is 0 Å². The average molecular weight is 180 g/mol. The molecule has 0 fully saturated rings. The molecule has 0 N–H and O–H groups in total. The average Bonchev–Trinajstić information content (AvgIpc) is 2.57. The van der Waals surface area contributed by atoms with Gasteiger partial charge in [-0.05, 0) is 23.7 Å². The first kappa shape index (κ1) is 7.36. The van der Waals surface area contributed by atoms with E-state index in [9.17, 15) is 4.39 Å². The Morgan fingerprint density at radius 1 is 1.25 bits per heavy atom. The van der Waals surface area contributed by atoms with Crippen molar-refractivity contribution in [2.24, 2.45) is 0 Å². The third kappa shape index (κ3) is 1.21. The Kier molecular flexibility index (Phi) is 1.83. The Morgan fingerprint density at radius 2 is 2.08 bits per heavy atom. The highest BCUT2D eigenvalue weighted by Crippen LogP contribution is 2.18. The fraction of sp³-hybridized carbons (Fsp3) is 0. The molecule has 0 spiro atoms. The molecule has 0 saturated heterocycles. The van der Waals surface area contributed by atoms with Gasteiger partial charge < -0.3 is 0 Å². The molecule has 0 bridgehead atoms. The first-order valence-electron chi connectivity index (χ1n) is 3.39. The van der Waals surface area contributed by atoms with Crippen LogP contribution in [0, 0.1) is 5.82 Å². The van der Waals surface area contributed by atoms with Gasteiger partial charge in [0.2, 0.25) is 0 Å². The number of benzene rings is 1. The van der Waals surface area contributed by atoms with Gasteiger partial charge in [-0.1, -0.05) is 12.1 Å². The summed E-state index contributed by atoms with van der Waals surface area (Å²) in [4.78, 5) is 3.91. The molecule has 0 aliphatic rings. The minimum absolute atomic E-state index is 0.282. The highest BCUT2D eigenvalue weighted by molar-refractivity contribution is 7.03. The van der Waals surface area contributed by atoms with Crippen molar-refractivity contribution >= 4 is 11.5 Å².